The van der Waals surface area contributed by atoms with Gasteiger partial charge in [0, 0.05) is 11.8 Å². The van der Waals surface area contributed by atoms with Gasteiger partial charge in [-0.15, -0.1) is 0 Å². The van der Waals surface area contributed by atoms with Crippen LogP contribution in [0.2, 0.25) is 0 Å². The zero-order chi connectivity index (χ0) is 13.0. The minimum absolute atomic E-state index is 0.325. The van der Waals surface area contributed by atoms with Crippen LogP contribution in [-0.2, 0) is 6.61 Å². The van der Waals surface area contributed by atoms with Crippen LogP contribution in [0.1, 0.15) is 31.3 Å². The van der Waals surface area contributed by atoms with Crippen molar-refractivity contribution in [3.8, 4) is 5.75 Å². The lowest BCUT2D eigenvalue weighted by Crippen LogP contribution is -2.07. The molecule has 0 radical (unpaired) electrons. The molecule has 2 aromatic rings. The number of nitrogens with zero attached hydrogens (tertiary/aromatic N) is 2. The van der Waals surface area contributed by atoms with Gasteiger partial charge in [0.05, 0.1) is 0 Å². The quantitative estimate of drug-likeness (QED) is 0.897. The number of ether oxygens (including phenoxy) is 1. The van der Waals surface area contributed by atoms with E-state index in [0.717, 1.165) is 11.4 Å². The first kappa shape index (κ1) is 12.4. The van der Waals surface area contributed by atoms with Gasteiger partial charge in [-0.2, -0.15) is 0 Å². The fourth-order valence-electron chi connectivity index (χ4n) is 1.56. The molecule has 18 heavy (non-hydrogen) atoms. The highest BCUT2D eigenvalue weighted by Gasteiger charge is 2.06. The smallest absolute Gasteiger partial charge is 0.168 e. The van der Waals surface area contributed by atoms with Crippen LogP contribution < -0.4 is 10.5 Å². The molecule has 0 saturated carbocycles. The van der Waals surface area contributed by atoms with E-state index in [4.69, 9.17) is 10.5 Å². The van der Waals surface area contributed by atoms with E-state index in [0.29, 0.717) is 24.2 Å². The molecular formula is C14H17N3O. The van der Waals surface area contributed by atoms with Gasteiger partial charge < -0.3 is 10.5 Å². The molecule has 0 unspecified atom stereocenters. The highest BCUT2D eigenvalue weighted by molar-refractivity contribution is 5.31. The third-order valence-corrected chi connectivity index (χ3v) is 2.51. The Bertz CT molecular complexity index is 512. The van der Waals surface area contributed by atoms with Crippen molar-refractivity contribution >= 4 is 5.82 Å². The highest BCUT2D eigenvalue weighted by Crippen LogP contribution is 2.15. The van der Waals surface area contributed by atoms with Crippen LogP contribution in [0.4, 0.5) is 5.82 Å². The minimum atomic E-state index is 0.325. The summed E-state index contributed by atoms with van der Waals surface area (Å²) in [7, 11) is 0. The van der Waals surface area contributed by atoms with Crippen LogP contribution in [0, 0.1) is 0 Å². The standard InChI is InChI=1S/C14H17N3O/c1-10(2)12-8-13(15)17-14(16-12)9-18-11-6-4-3-5-7-11/h3-8,10H,9H2,1-2H3,(H2,15,16,17). The Balaban J connectivity index is 2.10. The molecule has 0 aliphatic heterocycles. The number of para-hydroxylation sites is 1. The number of anilines is 1. The molecular weight excluding hydrogens is 226 g/mol. The van der Waals surface area contributed by atoms with Crippen LogP contribution in [0.25, 0.3) is 0 Å². The zero-order valence-corrected chi connectivity index (χ0v) is 10.6. The summed E-state index contributed by atoms with van der Waals surface area (Å²) >= 11 is 0. The summed E-state index contributed by atoms with van der Waals surface area (Å²) in [5.74, 6) is 2.23. The molecule has 0 saturated heterocycles. The first-order chi connectivity index (χ1) is 8.65. The Kier molecular flexibility index (Phi) is 3.77. The van der Waals surface area contributed by atoms with Crippen molar-refractivity contribution in [2.45, 2.75) is 26.4 Å². The average molecular weight is 243 g/mol. The largest absolute Gasteiger partial charge is 0.486 e. The lowest BCUT2D eigenvalue weighted by molar-refractivity contribution is 0.295. The van der Waals surface area contributed by atoms with Gasteiger partial charge in [-0.1, -0.05) is 32.0 Å². The maximum Gasteiger partial charge on any atom is 0.168 e. The van der Waals surface area contributed by atoms with Crippen LogP contribution >= 0.6 is 0 Å². The second-order valence-corrected chi connectivity index (χ2v) is 4.39. The van der Waals surface area contributed by atoms with Gasteiger partial charge in [0.25, 0.3) is 0 Å². The van der Waals surface area contributed by atoms with Crippen molar-refractivity contribution in [2.24, 2.45) is 0 Å². The predicted octanol–water partition coefficient (Wildman–Crippen LogP) is 2.76. The summed E-state index contributed by atoms with van der Waals surface area (Å²) < 4.78 is 5.60. The van der Waals surface area contributed by atoms with Crippen molar-refractivity contribution < 1.29 is 4.74 Å². The fourth-order valence-corrected chi connectivity index (χ4v) is 1.56. The molecule has 0 spiro atoms. The van der Waals surface area contributed by atoms with Crippen molar-refractivity contribution in [1.29, 1.82) is 0 Å². The Morgan fingerprint density at radius 3 is 2.56 bits per heavy atom. The fraction of sp³-hybridized carbons (Fsp3) is 0.286. The maximum atomic E-state index is 5.76. The molecule has 94 valence electrons. The maximum absolute atomic E-state index is 5.76. The van der Waals surface area contributed by atoms with Crippen molar-refractivity contribution in [2.75, 3.05) is 5.73 Å². The van der Waals surface area contributed by atoms with Gasteiger partial charge in [0.15, 0.2) is 5.82 Å². The predicted molar refractivity (Wildman–Crippen MR) is 71.3 cm³/mol. The van der Waals surface area contributed by atoms with E-state index in [1.54, 1.807) is 6.07 Å². The van der Waals surface area contributed by atoms with Crippen molar-refractivity contribution in [3.05, 3.63) is 47.9 Å². The van der Waals surface area contributed by atoms with Gasteiger partial charge in [-0.3, -0.25) is 0 Å². The van der Waals surface area contributed by atoms with Gasteiger partial charge in [-0.25, -0.2) is 9.97 Å². The van der Waals surface area contributed by atoms with E-state index < -0.39 is 0 Å². The molecule has 2 N–H and O–H groups in total. The number of nitrogen functional groups attached to an aromatic ring is 1. The molecule has 0 atom stereocenters. The Morgan fingerprint density at radius 1 is 1.17 bits per heavy atom. The molecule has 0 aliphatic rings. The summed E-state index contributed by atoms with van der Waals surface area (Å²) in [4.78, 5) is 8.61. The van der Waals surface area contributed by atoms with Gasteiger partial charge in [-0.05, 0) is 18.1 Å². The van der Waals surface area contributed by atoms with Crippen LogP contribution in [0.3, 0.4) is 0 Å². The second kappa shape index (κ2) is 5.49. The number of aromatic nitrogens is 2. The molecule has 0 amide bonds. The summed E-state index contributed by atoms with van der Waals surface area (Å²) in [6, 6.07) is 11.4. The Hall–Kier alpha value is -2.10. The first-order valence-electron chi connectivity index (χ1n) is 5.96. The van der Waals surface area contributed by atoms with E-state index in [2.05, 4.69) is 23.8 Å². The number of rotatable bonds is 4. The summed E-state index contributed by atoms with van der Waals surface area (Å²) in [6.45, 7) is 4.47. The summed E-state index contributed by atoms with van der Waals surface area (Å²) in [5, 5.41) is 0. The first-order valence-corrected chi connectivity index (χ1v) is 5.96. The molecule has 0 fully saturated rings. The summed E-state index contributed by atoms with van der Waals surface area (Å²) in [5.41, 5.74) is 6.70. The molecule has 2 rings (SSSR count). The highest BCUT2D eigenvalue weighted by atomic mass is 16.5. The Morgan fingerprint density at radius 2 is 1.89 bits per heavy atom. The normalized spacial score (nSPS) is 10.6. The van der Waals surface area contributed by atoms with Crippen LogP contribution in [0.5, 0.6) is 5.75 Å². The Labute approximate surface area is 107 Å². The SMILES string of the molecule is CC(C)c1cc(N)nc(COc2ccccc2)n1. The van der Waals surface area contributed by atoms with Crippen LogP contribution in [-0.4, -0.2) is 9.97 Å². The second-order valence-electron chi connectivity index (χ2n) is 4.39. The molecule has 0 bridgehead atoms. The summed E-state index contributed by atoms with van der Waals surface area (Å²) in [6.07, 6.45) is 0. The lowest BCUT2D eigenvalue weighted by atomic mass is 10.1. The molecule has 1 aromatic heterocycles. The third-order valence-electron chi connectivity index (χ3n) is 2.51. The monoisotopic (exact) mass is 243 g/mol. The van der Waals surface area contributed by atoms with E-state index in [1.807, 2.05) is 30.3 Å². The van der Waals surface area contributed by atoms with Crippen LogP contribution in [0.15, 0.2) is 36.4 Å². The van der Waals surface area contributed by atoms with E-state index in [-0.39, 0.29) is 0 Å². The van der Waals surface area contributed by atoms with Gasteiger partial charge >= 0.3 is 0 Å². The number of benzene rings is 1. The number of nitrogens with two attached hydrogens (primary N) is 1. The zero-order valence-electron chi connectivity index (χ0n) is 10.6. The van der Waals surface area contributed by atoms with Gasteiger partial charge in [0.2, 0.25) is 0 Å². The van der Waals surface area contributed by atoms with Gasteiger partial charge in [0.1, 0.15) is 18.2 Å². The molecule has 4 heteroatoms. The van der Waals surface area contributed by atoms with Crippen molar-refractivity contribution in [1.82, 2.24) is 9.97 Å². The molecule has 0 aliphatic carbocycles. The van der Waals surface area contributed by atoms with E-state index in [1.165, 1.54) is 0 Å². The number of hydrogen-bond acceptors (Lipinski definition) is 4. The van der Waals surface area contributed by atoms with E-state index in [9.17, 15) is 0 Å². The number of hydrogen-bond donors (Lipinski definition) is 1. The lowest BCUT2D eigenvalue weighted by Gasteiger charge is -2.09. The molecule has 1 aromatic carbocycles. The van der Waals surface area contributed by atoms with Crippen molar-refractivity contribution in [3.63, 3.8) is 0 Å². The average Bonchev–Trinajstić information content (AvgIpc) is 2.37. The topological polar surface area (TPSA) is 61.0 Å². The third kappa shape index (κ3) is 3.20. The molecule has 4 nitrogen and oxygen atoms in total. The minimum Gasteiger partial charge on any atom is -0.486 e. The van der Waals surface area contributed by atoms with E-state index >= 15 is 0 Å². The molecule has 1 heterocycles.